The number of aromatic nitrogens is 3. The first-order valence-corrected chi connectivity index (χ1v) is 6.44. The Labute approximate surface area is 116 Å². The summed E-state index contributed by atoms with van der Waals surface area (Å²) in [7, 11) is 0. The van der Waals surface area contributed by atoms with Gasteiger partial charge in [-0.25, -0.2) is 4.98 Å². The lowest BCUT2D eigenvalue weighted by Gasteiger charge is -2.05. The number of hydrogen-bond acceptors (Lipinski definition) is 3. The Morgan fingerprint density at radius 1 is 1.15 bits per heavy atom. The number of rotatable bonds is 4. The molecule has 0 atom stereocenters. The SMILES string of the molecule is O=C(NCCc1ncn[nH]1)c1ccc2ccccc2c1. The Morgan fingerprint density at radius 2 is 2.00 bits per heavy atom. The Bertz CT molecular complexity index is 722. The lowest BCUT2D eigenvalue weighted by atomic mass is 10.1. The van der Waals surface area contributed by atoms with Crippen molar-refractivity contribution in [2.24, 2.45) is 0 Å². The van der Waals surface area contributed by atoms with Crippen LogP contribution in [0.4, 0.5) is 0 Å². The molecule has 0 aliphatic carbocycles. The number of aromatic amines is 1. The molecule has 0 unspecified atom stereocenters. The maximum Gasteiger partial charge on any atom is 0.251 e. The molecule has 5 heteroatoms. The first kappa shape index (κ1) is 12.3. The predicted octanol–water partition coefficient (Wildman–Crippen LogP) is 1.93. The van der Waals surface area contributed by atoms with Gasteiger partial charge in [0.15, 0.2) is 0 Å². The van der Waals surface area contributed by atoms with Crippen LogP contribution in [0.3, 0.4) is 0 Å². The average Bonchev–Trinajstić information content (AvgIpc) is 3.00. The number of nitrogens with one attached hydrogen (secondary N) is 2. The number of fused-ring (bicyclic) bond motifs is 1. The van der Waals surface area contributed by atoms with Crippen LogP contribution in [-0.2, 0) is 6.42 Å². The molecule has 0 aliphatic rings. The van der Waals surface area contributed by atoms with Crippen molar-refractivity contribution in [3.63, 3.8) is 0 Å². The van der Waals surface area contributed by atoms with Gasteiger partial charge >= 0.3 is 0 Å². The highest BCUT2D eigenvalue weighted by atomic mass is 16.1. The molecule has 0 spiro atoms. The molecule has 0 aliphatic heterocycles. The van der Waals surface area contributed by atoms with Crippen LogP contribution in [0.1, 0.15) is 16.2 Å². The van der Waals surface area contributed by atoms with Gasteiger partial charge in [0.05, 0.1) is 0 Å². The summed E-state index contributed by atoms with van der Waals surface area (Å²) in [5, 5.41) is 11.6. The van der Waals surface area contributed by atoms with Gasteiger partial charge < -0.3 is 5.32 Å². The van der Waals surface area contributed by atoms with E-state index in [4.69, 9.17) is 0 Å². The summed E-state index contributed by atoms with van der Waals surface area (Å²) >= 11 is 0. The molecule has 3 rings (SSSR count). The smallest absolute Gasteiger partial charge is 0.251 e. The van der Waals surface area contributed by atoms with E-state index in [0.717, 1.165) is 16.6 Å². The third kappa shape index (κ3) is 2.66. The van der Waals surface area contributed by atoms with Crippen molar-refractivity contribution in [2.45, 2.75) is 6.42 Å². The van der Waals surface area contributed by atoms with Crippen LogP contribution >= 0.6 is 0 Å². The highest BCUT2D eigenvalue weighted by molar-refractivity contribution is 5.98. The van der Waals surface area contributed by atoms with Crippen LogP contribution < -0.4 is 5.32 Å². The second-order valence-electron chi connectivity index (χ2n) is 4.50. The van der Waals surface area contributed by atoms with Gasteiger partial charge in [-0.05, 0) is 22.9 Å². The molecule has 3 aromatic rings. The molecule has 0 bridgehead atoms. The lowest BCUT2D eigenvalue weighted by Crippen LogP contribution is -2.25. The maximum atomic E-state index is 12.1. The van der Waals surface area contributed by atoms with Gasteiger partial charge in [-0.1, -0.05) is 30.3 Å². The molecule has 20 heavy (non-hydrogen) atoms. The third-order valence-electron chi connectivity index (χ3n) is 3.12. The van der Waals surface area contributed by atoms with Crippen molar-refractivity contribution in [3.05, 3.63) is 60.2 Å². The van der Waals surface area contributed by atoms with E-state index in [-0.39, 0.29) is 5.91 Å². The Hall–Kier alpha value is -2.69. The second-order valence-corrected chi connectivity index (χ2v) is 4.50. The molecule has 0 saturated carbocycles. The van der Waals surface area contributed by atoms with Crippen molar-refractivity contribution in [2.75, 3.05) is 6.54 Å². The van der Waals surface area contributed by atoms with Crippen LogP contribution in [-0.4, -0.2) is 27.6 Å². The molecule has 100 valence electrons. The number of nitrogens with zero attached hydrogens (tertiary/aromatic N) is 2. The summed E-state index contributed by atoms with van der Waals surface area (Å²) in [4.78, 5) is 16.1. The first-order chi connectivity index (χ1) is 9.83. The van der Waals surface area contributed by atoms with Crippen LogP contribution in [0.25, 0.3) is 10.8 Å². The van der Waals surface area contributed by atoms with Crippen molar-refractivity contribution < 1.29 is 4.79 Å². The molecule has 2 aromatic carbocycles. The number of hydrogen-bond donors (Lipinski definition) is 2. The van der Waals surface area contributed by atoms with Gasteiger partial charge in [0, 0.05) is 18.5 Å². The minimum absolute atomic E-state index is 0.0738. The zero-order valence-corrected chi connectivity index (χ0v) is 10.8. The fourth-order valence-electron chi connectivity index (χ4n) is 2.08. The first-order valence-electron chi connectivity index (χ1n) is 6.44. The average molecular weight is 266 g/mol. The van der Waals surface area contributed by atoms with E-state index in [9.17, 15) is 4.79 Å². The predicted molar refractivity (Wildman–Crippen MR) is 76.4 cm³/mol. The molecular weight excluding hydrogens is 252 g/mol. The van der Waals surface area contributed by atoms with Crippen LogP contribution in [0.2, 0.25) is 0 Å². The summed E-state index contributed by atoms with van der Waals surface area (Å²) < 4.78 is 0. The van der Waals surface area contributed by atoms with Gasteiger partial charge in [-0.2, -0.15) is 5.10 Å². The summed E-state index contributed by atoms with van der Waals surface area (Å²) in [5.41, 5.74) is 0.668. The third-order valence-corrected chi connectivity index (χ3v) is 3.12. The number of H-pyrrole nitrogens is 1. The number of carbonyl (C=O) groups is 1. The van der Waals surface area contributed by atoms with E-state index in [0.29, 0.717) is 18.5 Å². The lowest BCUT2D eigenvalue weighted by molar-refractivity contribution is 0.0954. The van der Waals surface area contributed by atoms with Crippen LogP contribution in [0, 0.1) is 0 Å². The molecule has 1 heterocycles. The number of carbonyl (C=O) groups excluding carboxylic acids is 1. The number of amides is 1. The molecule has 5 nitrogen and oxygen atoms in total. The Morgan fingerprint density at radius 3 is 2.80 bits per heavy atom. The van der Waals surface area contributed by atoms with Crippen LogP contribution in [0.15, 0.2) is 48.8 Å². The van der Waals surface area contributed by atoms with Gasteiger partial charge in [-0.15, -0.1) is 0 Å². The van der Waals surface area contributed by atoms with E-state index < -0.39 is 0 Å². The monoisotopic (exact) mass is 266 g/mol. The molecule has 0 fully saturated rings. The van der Waals surface area contributed by atoms with E-state index in [2.05, 4.69) is 20.5 Å². The Balaban J connectivity index is 1.66. The largest absolute Gasteiger partial charge is 0.352 e. The minimum Gasteiger partial charge on any atom is -0.352 e. The van der Waals surface area contributed by atoms with Gasteiger partial charge in [0.2, 0.25) is 0 Å². The molecular formula is C15H14N4O. The van der Waals surface area contributed by atoms with Crippen molar-refractivity contribution in [1.29, 1.82) is 0 Å². The van der Waals surface area contributed by atoms with Crippen molar-refractivity contribution >= 4 is 16.7 Å². The zero-order valence-electron chi connectivity index (χ0n) is 10.8. The summed E-state index contributed by atoms with van der Waals surface area (Å²) in [6.45, 7) is 0.529. The van der Waals surface area contributed by atoms with Crippen molar-refractivity contribution in [3.8, 4) is 0 Å². The second kappa shape index (κ2) is 5.52. The molecule has 2 N–H and O–H groups in total. The van der Waals surface area contributed by atoms with E-state index in [1.54, 1.807) is 0 Å². The summed E-state index contributed by atoms with van der Waals surface area (Å²) in [6, 6.07) is 13.7. The highest BCUT2D eigenvalue weighted by Gasteiger charge is 2.06. The summed E-state index contributed by atoms with van der Waals surface area (Å²) in [5.74, 6) is 0.694. The quantitative estimate of drug-likeness (QED) is 0.758. The highest BCUT2D eigenvalue weighted by Crippen LogP contribution is 2.15. The molecule has 0 saturated heterocycles. The fraction of sp³-hybridized carbons (Fsp3) is 0.133. The zero-order chi connectivity index (χ0) is 13.8. The summed E-state index contributed by atoms with van der Waals surface area (Å²) in [6.07, 6.45) is 2.10. The van der Waals surface area contributed by atoms with E-state index in [1.807, 2.05) is 42.5 Å². The van der Waals surface area contributed by atoms with Gasteiger partial charge in [-0.3, -0.25) is 9.89 Å². The normalized spacial score (nSPS) is 10.6. The van der Waals surface area contributed by atoms with Crippen molar-refractivity contribution in [1.82, 2.24) is 20.5 Å². The standard InChI is InChI=1S/C15H14N4O/c20-15(16-8-7-14-17-10-18-19-14)13-6-5-11-3-1-2-4-12(11)9-13/h1-6,9-10H,7-8H2,(H,16,20)(H,17,18,19). The molecule has 0 radical (unpaired) electrons. The van der Waals surface area contributed by atoms with Gasteiger partial charge in [0.25, 0.3) is 5.91 Å². The molecule has 1 amide bonds. The topological polar surface area (TPSA) is 70.7 Å². The molecule has 1 aromatic heterocycles. The van der Waals surface area contributed by atoms with E-state index >= 15 is 0 Å². The number of benzene rings is 2. The fourth-order valence-corrected chi connectivity index (χ4v) is 2.08. The minimum atomic E-state index is -0.0738. The van der Waals surface area contributed by atoms with Crippen LogP contribution in [0.5, 0.6) is 0 Å². The van der Waals surface area contributed by atoms with Gasteiger partial charge in [0.1, 0.15) is 12.2 Å². The maximum absolute atomic E-state index is 12.1. The Kier molecular flexibility index (Phi) is 3.41. The van der Waals surface area contributed by atoms with E-state index in [1.165, 1.54) is 6.33 Å².